The Morgan fingerprint density at radius 1 is 1.03 bits per heavy atom. The standard InChI is InChI=1S/C22H22ClN5O2S/c23-17-7-3-8-18(13-17)25-20(30)22-27-26-21(31-22)19(29)24-10-4-11-28-12-9-15-5-1-2-6-16(15)14-28/h1-3,5-8,13H,4,9-12,14H2,(H,24,29)(H,25,30). The number of hydrogen-bond donors (Lipinski definition) is 2. The molecule has 1 aliphatic heterocycles. The van der Waals surface area contributed by atoms with E-state index in [1.54, 1.807) is 24.3 Å². The van der Waals surface area contributed by atoms with Crippen LogP contribution in [0.3, 0.4) is 0 Å². The van der Waals surface area contributed by atoms with Crippen molar-refractivity contribution >= 4 is 40.4 Å². The third kappa shape index (κ3) is 5.66. The number of benzene rings is 2. The molecule has 1 aliphatic rings. The van der Waals surface area contributed by atoms with Crippen LogP contribution in [0.15, 0.2) is 48.5 Å². The van der Waals surface area contributed by atoms with Crippen LogP contribution in [0.2, 0.25) is 5.02 Å². The van der Waals surface area contributed by atoms with E-state index in [0.717, 1.165) is 43.8 Å². The number of nitrogens with zero attached hydrogens (tertiary/aromatic N) is 3. The van der Waals surface area contributed by atoms with Crippen molar-refractivity contribution in [2.75, 3.05) is 25.0 Å². The van der Waals surface area contributed by atoms with Crippen molar-refractivity contribution in [1.29, 1.82) is 0 Å². The fraction of sp³-hybridized carbons (Fsp3) is 0.273. The fourth-order valence-electron chi connectivity index (χ4n) is 3.48. The Hall–Kier alpha value is -2.81. The minimum Gasteiger partial charge on any atom is -0.350 e. The van der Waals surface area contributed by atoms with Gasteiger partial charge in [-0.05, 0) is 42.2 Å². The number of hydrogen-bond acceptors (Lipinski definition) is 6. The predicted molar refractivity (Wildman–Crippen MR) is 122 cm³/mol. The molecule has 2 aromatic carbocycles. The van der Waals surface area contributed by atoms with Gasteiger partial charge in [-0.15, -0.1) is 10.2 Å². The molecule has 31 heavy (non-hydrogen) atoms. The molecule has 160 valence electrons. The number of amides is 2. The Morgan fingerprint density at radius 3 is 2.61 bits per heavy atom. The summed E-state index contributed by atoms with van der Waals surface area (Å²) in [6.07, 6.45) is 1.90. The highest BCUT2D eigenvalue weighted by atomic mass is 35.5. The molecule has 2 amide bonds. The zero-order valence-corrected chi connectivity index (χ0v) is 18.4. The van der Waals surface area contributed by atoms with E-state index in [1.807, 2.05) is 0 Å². The summed E-state index contributed by atoms with van der Waals surface area (Å²) < 4.78 is 0. The molecule has 3 aromatic rings. The molecule has 0 atom stereocenters. The van der Waals surface area contributed by atoms with E-state index in [1.165, 1.54) is 11.1 Å². The molecule has 0 saturated carbocycles. The topological polar surface area (TPSA) is 87.2 Å². The highest BCUT2D eigenvalue weighted by Crippen LogP contribution is 2.19. The van der Waals surface area contributed by atoms with Gasteiger partial charge < -0.3 is 10.6 Å². The Kier molecular flexibility index (Phi) is 6.91. The number of nitrogens with one attached hydrogen (secondary N) is 2. The molecule has 0 bridgehead atoms. The van der Waals surface area contributed by atoms with Crippen LogP contribution in [0, 0.1) is 0 Å². The number of rotatable bonds is 7. The van der Waals surface area contributed by atoms with Crippen molar-refractivity contribution in [3.05, 3.63) is 74.7 Å². The van der Waals surface area contributed by atoms with Crippen molar-refractivity contribution in [3.8, 4) is 0 Å². The van der Waals surface area contributed by atoms with Gasteiger partial charge in [0.05, 0.1) is 0 Å². The fourth-order valence-corrected chi connectivity index (χ4v) is 4.33. The summed E-state index contributed by atoms with van der Waals surface area (Å²) in [6.45, 7) is 3.44. The Labute approximate surface area is 189 Å². The molecule has 7 nitrogen and oxygen atoms in total. The molecular weight excluding hydrogens is 434 g/mol. The van der Waals surface area contributed by atoms with Crippen LogP contribution in [-0.4, -0.2) is 46.5 Å². The minimum atomic E-state index is -0.427. The van der Waals surface area contributed by atoms with E-state index in [2.05, 4.69) is 50.0 Å². The zero-order chi connectivity index (χ0) is 21.6. The predicted octanol–water partition coefficient (Wildman–Crippen LogP) is 3.62. The number of carbonyl (C=O) groups is 2. The average molecular weight is 456 g/mol. The van der Waals surface area contributed by atoms with Crippen LogP contribution >= 0.6 is 22.9 Å². The maximum Gasteiger partial charge on any atom is 0.286 e. The van der Waals surface area contributed by atoms with E-state index in [4.69, 9.17) is 11.6 Å². The second-order valence-electron chi connectivity index (χ2n) is 7.28. The normalized spacial score (nSPS) is 13.5. The summed E-state index contributed by atoms with van der Waals surface area (Å²) in [5.74, 6) is -0.743. The molecule has 9 heteroatoms. The molecular formula is C22H22ClN5O2S. The van der Waals surface area contributed by atoms with Crippen LogP contribution in [0.5, 0.6) is 0 Å². The first kappa shape index (κ1) is 21.4. The first-order valence-electron chi connectivity index (χ1n) is 10.1. The van der Waals surface area contributed by atoms with Crippen molar-refractivity contribution in [2.45, 2.75) is 19.4 Å². The van der Waals surface area contributed by atoms with Gasteiger partial charge in [0.1, 0.15) is 0 Å². The van der Waals surface area contributed by atoms with Gasteiger partial charge in [-0.3, -0.25) is 14.5 Å². The van der Waals surface area contributed by atoms with Crippen molar-refractivity contribution < 1.29 is 9.59 Å². The smallest absolute Gasteiger partial charge is 0.286 e. The minimum absolute atomic E-state index is 0.122. The van der Waals surface area contributed by atoms with Crippen LogP contribution in [0.4, 0.5) is 5.69 Å². The molecule has 0 saturated heterocycles. The van der Waals surface area contributed by atoms with Gasteiger partial charge in [0.25, 0.3) is 11.8 Å². The number of halogens is 1. The van der Waals surface area contributed by atoms with Gasteiger partial charge in [0.15, 0.2) is 0 Å². The molecule has 0 fully saturated rings. The molecule has 2 heterocycles. The Balaban J connectivity index is 1.22. The van der Waals surface area contributed by atoms with Crippen molar-refractivity contribution in [2.24, 2.45) is 0 Å². The van der Waals surface area contributed by atoms with E-state index < -0.39 is 5.91 Å². The third-order valence-corrected chi connectivity index (χ3v) is 6.20. The maximum atomic E-state index is 12.3. The SMILES string of the molecule is O=C(NCCCN1CCc2ccccc2C1)c1nnc(C(=O)Nc2cccc(Cl)c2)s1. The van der Waals surface area contributed by atoms with Crippen LogP contribution in [0.25, 0.3) is 0 Å². The number of carbonyl (C=O) groups excluding carboxylic acids is 2. The monoisotopic (exact) mass is 455 g/mol. The highest BCUT2D eigenvalue weighted by Gasteiger charge is 2.18. The summed E-state index contributed by atoms with van der Waals surface area (Å²) in [5, 5.41) is 14.0. The van der Waals surface area contributed by atoms with Gasteiger partial charge in [-0.1, -0.05) is 53.3 Å². The lowest BCUT2D eigenvalue weighted by molar-refractivity contribution is 0.0949. The second-order valence-corrected chi connectivity index (χ2v) is 8.70. The lowest BCUT2D eigenvalue weighted by Crippen LogP contribution is -2.33. The summed E-state index contributed by atoms with van der Waals surface area (Å²) in [6, 6.07) is 15.3. The Bertz CT molecular complexity index is 1090. The quantitative estimate of drug-likeness (QED) is 0.531. The lowest BCUT2D eigenvalue weighted by Gasteiger charge is -2.28. The zero-order valence-electron chi connectivity index (χ0n) is 16.8. The number of anilines is 1. The second kappa shape index (κ2) is 10.00. The first-order valence-corrected chi connectivity index (χ1v) is 11.3. The van der Waals surface area contributed by atoms with Crippen molar-refractivity contribution in [3.63, 3.8) is 0 Å². The Morgan fingerprint density at radius 2 is 1.81 bits per heavy atom. The molecule has 0 spiro atoms. The summed E-state index contributed by atoms with van der Waals surface area (Å²) >= 11 is 6.88. The molecule has 1 aromatic heterocycles. The van der Waals surface area contributed by atoms with E-state index in [-0.39, 0.29) is 15.9 Å². The average Bonchev–Trinajstić information content (AvgIpc) is 3.27. The molecule has 4 rings (SSSR count). The largest absolute Gasteiger partial charge is 0.350 e. The van der Waals surface area contributed by atoms with Gasteiger partial charge in [-0.2, -0.15) is 0 Å². The number of aromatic nitrogens is 2. The van der Waals surface area contributed by atoms with Crippen LogP contribution < -0.4 is 10.6 Å². The van der Waals surface area contributed by atoms with Gasteiger partial charge in [-0.25, -0.2) is 0 Å². The summed E-state index contributed by atoms with van der Waals surface area (Å²) in [5.41, 5.74) is 3.37. The van der Waals surface area contributed by atoms with Crippen LogP contribution in [0.1, 0.15) is 37.2 Å². The van der Waals surface area contributed by atoms with E-state index in [0.29, 0.717) is 17.3 Å². The summed E-state index contributed by atoms with van der Waals surface area (Å²) in [7, 11) is 0. The van der Waals surface area contributed by atoms with Gasteiger partial charge >= 0.3 is 0 Å². The third-order valence-electron chi connectivity index (χ3n) is 5.04. The molecule has 0 radical (unpaired) electrons. The molecule has 0 aliphatic carbocycles. The lowest BCUT2D eigenvalue weighted by atomic mass is 10.00. The van der Waals surface area contributed by atoms with Gasteiger partial charge in [0, 0.05) is 36.9 Å². The summed E-state index contributed by atoms with van der Waals surface area (Å²) in [4.78, 5) is 27.0. The molecule has 2 N–H and O–H groups in total. The van der Waals surface area contributed by atoms with Crippen LogP contribution in [-0.2, 0) is 13.0 Å². The van der Waals surface area contributed by atoms with Crippen molar-refractivity contribution in [1.82, 2.24) is 20.4 Å². The van der Waals surface area contributed by atoms with E-state index >= 15 is 0 Å². The number of fused-ring (bicyclic) bond motifs is 1. The van der Waals surface area contributed by atoms with Gasteiger partial charge in [0.2, 0.25) is 10.0 Å². The van der Waals surface area contributed by atoms with E-state index in [9.17, 15) is 9.59 Å². The highest BCUT2D eigenvalue weighted by molar-refractivity contribution is 7.15. The maximum absolute atomic E-state index is 12.3. The first-order chi connectivity index (χ1) is 15.1. The molecule has 0 unspecified atom stereocenters.